The van der Waals surface area contributed by atoms with Gasteiger partial charge < -0.3 is 15.2 Å². The van der Waals surface area contributed by atoms with Gasteiger partial charge in [0.25, 0.3) is 0 Å². The molecule has 1 rings (SSSR count). The summed E-state index contributed by atoms with van der Waals surface area (Å²) in [4.78, 5) is 12.1. The normalized spacial score (nSPS) is 21.4. The molecule has 0 spiro atoms. The number of hydrogen-bond acceptors (Lipinski definition) is 3. The van der Waals surface area contributed by atoms with Gasteiger partial charge in [-0.1, -0.05) is 26.2 Å². The molecule has 0 radical (unpaired) electrons. The zero-order chi connectivity index (χ0) is 12.0. The van der Waals surface area contributed by atoms with Crippen LogP contribution >= 0.6 is 0 Å². The monoisotopic (exact) mass is 229 g/mol. The van der Waals surface area contributed by atoms with Crippen LogP contribution in [-0.2, 0) is 9.53 Å². The van der Waals surface area contributed by atoms with E-state index in [1.807, 2.05) is 6.92 Å². The third kappa shape index (κ3) is 3.46. The molecule has 94 valence electrons. The Labute approximate surface area is 97.4 Å². The number of hydrogen-bond donors (Lipinski definition) is 2. The van der Waals surface area contributed by atoms with Crippen molar-refractivity contribution in [1.82, 2.24) is 5.32 Å². The highest BCUT2D eigenvalue weighted by Crippen LogP contribution is 2.35. The quantitative estimate of drug-likeness (QED) is 0.741. The molecule has 16 heavy (non-hydrogen) atoms. The zero-order valence-electron chi connectivity index (χ0n) is 10.3. The summed E-state index contributed by atoms with van der Waals surface area (Å²) in [5.41, 5.74) is -0.251. The molecule has 4 nitrogen and oxygen atoms in total. The lowest BCUT2D eigenvalue weighted by Gasteiger charge is -2.33. The minimum Gasteiger partial charge on any atom is -0.394 e. The standard InChI is InChI=1S/C12H23NO3/c1-12(6-4-3-5-7-12)11(15)13-10(8-14)9-16-2/h10,14H,3-9H2,1-2H3,(H,13,15). The molecule has 0 aromatic carbocycles. The van der Waals surface area contributed by atoms with Crippen molar-refractivity contribution in [3.05, 3.63) is 0 Å². The van der Waals surface area contributed by atoms with Crippen LogP contribution in [0.5, 0.6) is 0 Å². The second-order valence-electron chi connectivity index (χ2n) is 4.93. The second kappa shape index (κ2) is 6.21. The Balaban J connectivity index is 2.48. The number of nitrogens with one attached hydrogen (secondary N) is 1. The van der Waals surface area contributed by atoms with E-state index in [0.717, 1.165) is 25.7 Å². The summed E-state index contributed by atoms with van der Waals surface area (Å²) in [6.45, 7) is 2.30. The number of carbonyl (C=O) groups is 1. The smallest absolute Gasteiger partial charge is 0.226 e. The molecule has 0 aromatic heterocycles. The predicted molar refractivity (Wildman–Crippen MR) is 62.1 cm³/mol. The van der Waals surface area contributed by atoms with Crippen LogP contribution in [0.1, 0.15) is 39.0 Å². The Morgan fingerprint density at radius 3 is 2.56 bits per heavy atom. The summed E-state index contributed by atoms with van der Waals surface area (Å²) in [6.07, 6.45) is 5.37. The van der Waals surface area contributed by atoms with Crippen LogP contribution < -0.4 is 5.32 Å². The van der Waals surface area contributed by atoms with Gasteiger partial charge in [0.05, 0.1) is 19.3 Å². The molecule has 0 aliphatic heterocycles. The molecule has 1 aliphatic rings. The van der Waals surface area contributed by atoms with Crippen LogP contribution in [0.15, 0.2) is 0 Å². The van der Waals surface area contributed by atoms with Crippen molar-refractivity contribution < 1.29 is 14.6 Å². The van der Waals surface area contributed by atoms with E-state index in [4.69, 9.17) is 9.84 Å². The topological polar surface area (TPSA) is 58.6 Å². The van der Waals surface area contributed by atoms with Crippen molar-refractivity contribution >= 4 is 5.91 Å². The van der Waals surface area contributed by atoms with Gasteiger partial charge in [-0.3, -0.25) is 4.79 Å². The van der Waals surface area contributed by atoms with Crippen molar-refractivity contribution in [3.63, 3.8) is 0 Å². The molecule has 0 saturated heterocycles. The number of carbonyl (C=O) groups excluding carboxylic acids is 1. The van der Waals surface area contributed by atoms with Gasteiger partial charge in [-0.2, -0.15) is 0 Å². The van der Waals surface area contributed by atoms with E-state index in [0.29, 0.717) is 6.61 Å². The number of methoxy groups -OCH3 is 1. The average Bonchev–Trinajstić information content (AvgIpc) is 2.29. The first-order valence-corrected chi connectivity index (χ1v) is 6.03. The fraction of sp³-hybridized carbons (Fsp3) is 0.917. The van der Waals surface area contributed by atoms with E-state index in [1.165, 1.54) is 6.42 Å². The molecular formula is C12H23NO3. The lowest BCUT2D eigenvalue weighted by molar-refractivity contribution is -0.133. The van der Waals surface area contributed by atoms with Gasteiger partial charge >= 0.3 is 0 Å². The summed E-state index contributed by atoms with van der Waals surface area (Å²) < 4.78 is 4.94. The summed E-state index contributed by atoms with van der Waals surface area (Å²) in [5.74, 6) is 0.0586. The van der Waals surface area contributed by atoms with Crippen LogP contribution in [-0.4, -0.2) is 37.4 Å². The van der Waals surface area contributed by atoms with Crippen molar-refractivity contribution in [2.24, 2.45) is 5.41 Å². The maximum Gasteiger partial charge on any atom is 0.226 e. The van der Waals surface area contributed by atoms with Crippen LogP contribution in [0, 0.1) is 5.41 Å². The Bertz CT molecular complexity index is 224. The van der Waals surface area contributed by atoms with Crippen molar-refractivity contribution in [1.29, 1.82) is 0 Å². The number of rotatable bonds is 5. The minimum atomic E-state index is -0.281. The zero-order valence-corrected chi connectivity index (χ0v) is 10.3. The Kier molecular flexibility index (Phi) is 5.22. The highest BCUT2D eigenvalue weighted by atomic mass is 16.5. The van der Waals surface area contributed by atoms with Gasteiger partial charge in [-0.25, -0.2) is 0 Å². The van der Waals surface area contributed by atoms with Crippen molar-refractivity contribution in [3.8, 4) is 0 Å². The van der Waals surface area contributed by atoms with Crippen LogP contribution in [0.2, 0.25) is 0 Å². The first-order chi connectivity index (χ1) is 7.62. The van der Waals surface area contributed by atoms with E-state index < -0.39 is 0 Å². The van der Waals surface area contributed by atoms with Crippen LogP contribution in [0.25, 0.3) is 0 Å². The molecule has 4 heteroatoms. The summed E-state index contributed by atoms with van der Waals surface area (Å²) in [7, 11) is 1.57. The molecule has 1 saturated carbocycles. The third-order valence-electron chi connectivity index (χ3n) is 3.43. The SMILES string of the molecule is COCC(CO)NC(=O)C1(C)CCCCC1. The highest BCUT2D eigenvalue weighted by Gasteiger charge is 2.35. The van der Waals surface area contributed by atoms with Gasteiger partial charge in [0.1, 0.15) is 0 Å². The fourth-order valence-electron chi connectivity index (χ4n) is 2.26. The number of amides is 1. The van der Waals surface area contributed by atoms with E-state index in [9.17, 15) is 4.79 Å². The third-order valence-corrected chi connectivity index (χ3v) is 3.43. The fourth-order valence-corrected chi connectivity index (χ4v) is 2.26. The highest BCUT2D eigenvalue weighted by molar-refractivity contribution is 5.82. The maximum atomic E-state index is 12.1. The summed E-state index contributed by atoms with van der Waals surface area (Å²) >= 11 is 0. The van der Waals surface area contributed by atoms with Gasteiger partial charge in [-0.15, -0.1) is 0 Å². The molecule has 1 aliphatic carbocycles. The molecule has 0 aromatic rings. The number of aliphatic hydroxyl groups excluding tert-OH is 1. The lowest BCUT2D eigenvalue weighted by Crippen LogP contribution is -2.48. The van der Waals surface area contributed by atoms with Gasteiger partial charge in [0.15, 0.2) is 0 Å². The Morgan fingerprint density at radius 1 is 1.44 bits per heavy atom. The van der Waals surface area contributed by atoms with E-state index in [-0.39, 0.29) is 24.0 Å². The first kappa shape index (κ1) is 13.5. The molecule has 0 heterocycles. The van der Waals surface area contributed by atoms with Gasteiger partial charge in [0, 0.05) is 12.5 Å². The molecule has 1 atom stereocenters. The minimum absolute atomic E-state index is 0.0586. The molecular weight excluding hydrogens is 206 g/mol. The summed E-state index contributed by atoms with van der Waals surface area (Å²) in [5, 5.41) is 12.0. The van der Waals surface area contributed by atoms with Crippen molar-refractivity contribution in [2.75, 3.05) is 20.3 Å². The maximum absolute atomic E-state index is 12.1. The second-order valence-corrected chi connectivity index (χ2v) is 4.93. The Hall–Kier alpha value is -0.610. The Morgan fingerprint density at radius 2 is 2.06 bits per heavy atom. The molecule has 1 fully saturated rings. The predicted octanol–water partition coefficient (Wildman–Crippen LogP) is 1.08. The molecule has 1 unspecified atom stereocenters. The molecule has 0 bridgehead atoms. The van der Waals surface area contributed by atoms with E-state index in [2.05, 4.69) is 5.32 Å². The largest absolute Gasteiger partial charge is 0.394 e. The van der Waals surface area contributed by atoms with E-state index >= 15 is 0 Å². The molecule has 1 amide bonds. The average molecular weight is 229 g/mol. The van der Waals surface area contributed by atoms with Crippen LogP contribution in [0.3, 0.4) is 0 Å². The van der Waals surface area contributed by atoms with E-state index in [1.54, 1.807) is 7.11 Å². The lowest BCUT2D eigenvalue weighted by atomic mass is 9.75. The molecule has 2 N–H and O–H groups in total. The number of ether oxygens (including phenoxy) is 1. The van der Waals surface area contributed by atoms with Crippen LogP contribution in [0.4, 0.5) is 0 Å². The van der Waals surface area contributed by atoms with Crippen molar-refractivity contribution in [2.45, 2.75) is 45.1 Å². The van der Waals surface area contributed by atoms with Gasteiger partial charge in [0.2, 0.25) is 5.91 Å². The number of aliphatic hydroxyl groups is 1. The first-order valence-electron chi connectivity index (χ1n) is 6.03. The summed E-state index contributed by atoms with van der Waals surface area (Å²) in [6, 6.07) is -0.281. The van der Waals surface area contributed by atoms with Gasteiger partial charge in [-0.05, 0) is 12.8 Å².